The highest BCUT2D eigenvalue weighted by molar-refractivity contribution is 7.99. The Morgan fingerprint density at radius 1 is 1.18 bits per heavy atom. The highest BCUT2D eigenvalue weighted by Gasteiger charge is 2.37. The van der Waals surface area contributed by atoms with E-state index in [-0.39, 0.29) is 23.7 Å². The van der Waals surface area contributed by atoms with Gasteiger partial charge in [-0.25, -0.2) is 0 Å². The van der Waals surface area contributed by atoms with Crippen molar-refractivity contribution in [3.8, 4) is 0 Å². The minimum absolute atomic E-state index is 0.0386. The zero-order valence-corrected chi connectivity index (χ0v) is 18.0. The standard InChI is InChI=1S/C20H24Cl2N2O3S/c21-17-9-15-14(1-2-19(25)16(15)10-18(17)22)20(26)24-5-8-28-12-13(24)11-23-3-6-27-7-4-23/h9-10,13-14H,1-8,11-12H2. The van der Waals surface area contributed by atoms with E-state index >= 15 is 0 Å². The quantitative estimate of drug-likeness (QED) is 0.718. The molecule has 2 fully saturated rings. The van der Waals surface area contributed by atoms with Crippen molar-refractivity contribution in [2.75, 3.05) is 50.9 Å². The molecule has 1 aromatic carbocycles. The molecule has 152 valence electrons. The van der Waals surface area contributed by atoms with Gasteiger partial charge in [0.1, 0.15) is 0 Å². The first-order chi connectivity index (χ1) is 13.5. The number of rotatable bonds is 3. The van der Waals surface area contributed by atoms with Crippen molar-refractivity contribution in [3.63, 3.8) is 0 Å². The van der Waals surface area contributed by atoms with Gasteiger partial charge in [-0.1, -0.05) is 23.2 Å². The molecule has 1 aromatic rings. The number of ketones is 1. The van der Waals surface area contributed by atoms with Crippen molar-refractivity contribution in [1.29, 1.82) is 0 Å². The Morgan fingerprint density at radius 3 is 2.71 bits per heavy atom. The summed E-state index contributed by atoms with van der Waals surface area (Å²) in [5, 5.41) is 0.758. The van der Waals surface area contributed by atoms with Gasteiger partial charge in [-0.2, -0.15) is 11.8 Å². The van der Waals surface area contributed by atoms with Crippen LogP contribution in [0.15, 0.2) is 12.1 Å². The Hall–Kier alpha value is -0.790. The van der Waals surface area contributed by atoms with Gasteiger partial charge in [0, 0.05) is 49.7 Å². The molecule has 4 rings (SSSR count). The molecule has 0 bridgehead atoms. The molecule has 5 nitrogen and oxygen atoms in total. The van der Waals surface area contributed by atoms with Gasteiger partial charge in [0.15, 0.2) is 5.78 Å². The average Bonchev–Trinajstić information content (AvgIpc) is 2.71. The van der Waals surface area contributed by atoms with Crippen molar-refractivity contribution in [2.24, 2.45) is 0 Å². The van der Waals surface area contributed by atoms with E-state index in [1.807, 2.05) is 16.7 Å². The van der Waals surface area contributed by atoms with Gasteiger partial charge in [0.25, 0.3) is 0 Å². The number of ether oxygens (including phenoxy) is 1. The molecular formula is C20H24Cl2N2O3S. The SMILES string of the molecule is O=C1CCC(C(=O)N2CCSCC2CN2CCOCC2)c2cc(Cl)c(Cl)cc21. The molecule has 0 spiro atoms. The van der Waals surface area contributed by atoms with E-state index in [2.05, 4.69) is 4.90 Å². The van der Waals surface area contributed by atoms with Crippen molar-refractivity contribution in [1.82, 2.24) is 9.80 Å². The van der Waals surface area contributed by atoms with Crippen LogP contribution in [-0.2, 0) is 9.53 Å². The third-order valence-corrected chi connectivity index (χ3v) is 7.62. The van der Waals surface area contributed by atoms with Crippen LogP contribution in [0.4, 0.5) is 0 Å². The molecule has 2 aliphatic heterocycles. The summed E-state index contributed by atoms with van der Waals surface area (Å²) in [6, 6.07) is 3.53. The molecule has 2 heterocycles. The van der Waals surface area contributed by atoms with Gasteiger partial charge in [-0.3, -0.25) is 14.5 Å². The maximum Gasteiger partial charge on any atom is 0.230 e. The van der Waals surface area contributed by atoms with Crippen LogP contribution in [-0.4, -0.2) is 78.4 Å². The number of hydrogen-bond acceptors (Lipinski definition) is 5. The minimum Gasteiger partial charge on any atom is -0.379 e. The minimum atomic E-state index is -0.322. The molecule has 2 unspecified atom stereocenters. The maximum atomic E-state index is 13.6. The first-order valence-corrected chi connectivity index (χ1v) is 11.7. The van der Waals surface area contributed by atoms with Crippen LogP contribution in [0.5, 0.6) is 0 Å². The highest BCUT2D eigenvalue weighted by atomic mass is 35.5. The van der Waals surface area contributed by atoms with Crippen LogP contribution < -0.4 is 0 Å². The number of halogens is 2. The van der Waals surface area contributed by atoms with E-state index in [1.165, 1.54) is 0 Å². The molecular weight excluding hydrogens is 419 g/mol. The molecule has 8 heteroatoms. The van der Waals surface area contributed by atoms with E-state index in [1.54, 1.807) is 12.1 Å². The highest BCUT2D eigenvalue weighted by Crippen LogP contribution is 2.38. The Labute approximate surface area is 179 Å². The maximum absolute atomic E-state index is 13.6. The number of benzene rings is 1. The summed E-state index contributed by atoms with van der Waals surface area (Å²) in [4.78, 5) is 30.4. The zero-order valence-electron chi connectivity index (χ0n) is 15.7. The second-order valence-corrected chi connectivity index (χ2v) is 9.51. The molecule has 0 N–H and O–H groups in total. The van der Waals surface area contributed by atoms with Crippen LogP contribution in [0.25, 0.3) is 0 Å². The average molecular weight is 443 g/mol. The van der Waals surface area contributed by atoms with Gasteiger partial charge in [-0.15, -0.1) is 0 Å². The fourth-order valence-corrected chi connectivity index (χ4v) is 5.68. The molecule has 2 atom stereocenters. The number of carbonyl (C=O) groups excluding carboxylic acids is 2. The van der Waals surface area contributed by atoms with Crippen LogP contribution >= 0.6 is 35.0 Å². The summed E-state index contributed by atoms with van der Waals surface area (Å²) < 4.78 is 5.45. The van der Waals surface area contributed by atoms with Crippen molar-refractivity contribution < 1.29 is 14.3 Å². The van der Waals surface area contributed by atoms with E-state index in [0.717, 1.165) is 56.5 Å². The Kier molecular flexibility index (Phi) is 6.53. The lowest BCUT2D eigenvalue weighted by atomic mass is 9.81. The fourth-order valence-electron chi connectivity index (χ4n) is 4.29. The summed E-state index contributed by atoms with van der Waals surface area (Å²) in [5.41, 5.74) is 1.29. The van der Waals surface area contributed by atoms with Crippen molar-refractivity contribution >= 4 is 46.7 Å². The second-order valence-electron chi connectivity index (χ2n) is 7.54. The summed E-state index contributed by atoms with van der Waals surface area (Å²) in [6.07, 6.45) is 0.911. The van der Waals surface area contributed by atoms with Gasteiger partial charge < -0.3 is 9.64 Å². The number of fused-ring (bicyclic) bond motifs is 1. The van der Waals surface area contributed by atoms with E-state index in [4.69, 9.17) is 27.9 Å². The number of hydrogen-bond donors (Lipinski definition) is 0. The third kappa shape index (κ3) is 4.21. The predicted molar refractivity (Wildman–Crippen MR) is 113 cm³/mol. The number of nitrogens with zero attached hydrogens (tertiary/aromatic N) is 2. The van der Waals surface area contributed by atoms with Gasteiger partial charge in [0.2, 0.25) is 5.91 Å². The lowest BCUT2D eigenvalue weighted by Crippen LogP contribution is -2.54. The van der Waals surface area contributed by atoms with E-state index in [9.17, 15) is 9.59 Å². The summed E-state index contributed by atoms with van der Waals surface area (Å²) in [5.74, 6) is 1.73. The first kappa shape index (κ1) is 20.5. The molecule has 3 aliphatic rings. The predicted octanol–water partition coefficient (Wildman–Crippen LogP) is 3.33. The summed E-state index contributed by atoms with van der Waals surface area (Å²) >= 11 is 14.2. The van der Waals surface area contributed by atoms with Crippen molar-refractivity contribution in [3.05, 3.63) is 33.3 Å². The van der Waals surface area contributed by atoms with Gasteiger partial charge in [-0.05, 0) is 24.1 Å². The van der Waals surface area contributed by atoms with Gasteiger partial charge in [0.05, 0.1) is 35.2 Å². The van der Waals surface area contributed by atoms with Crippen LogP contribution in [0.1, 0.15) is 34.7 Å². The number of morpholine rings is 1. The van der Waals surface area contributed by atoms with Crippen molar-refractivity contribution in [2.45, 2.75) is 24.8 Å². The molecule has 0 radical (unpaired) electrons. The summed E-state index contributed by atoms with van der Waals surface area (Å²) in [6.45, 7) is 4.97. The molecule has 1 aliphatic carbocycles. The van der Waals surface area contributed by atoms with Gasteiger partial charge >= 0.3 is 0 Å². The Bertz CT molecular complexity index is 770. The lowest BCUT2D eigenvalue weighted by molar-refractivity contribution is -0.135. The topological polar surface area (TPSA) is 49.9 Å². The number of Topliss-reactive ketones (excluding diaryl/α,β-unsaturated/α-hetero) is 1. The number of amides is 1. The first-order valence-electron chi connectivity index (χ1n) is 9.75. The zero-order chi connectivity index (χ0) is 19.7. The third-order valence-electron chi connectivity index (χ3n) is 5.81. The van der Waals surface area contributed by atoms with Crippen LogP contribution in [0.3, 0.4) is 0 Å². The monoisotopic (exact) mass is 442 g/mol. The Balaban J connectivity index is 1.56. The largest absolute Gasteiger partial charge is 0.379 e. The smallest absolute Gasteiger partial charge is 0.230 e. The van der Waals surface area contributed by atoms with Crippen LogP contribution in [0.2, 0.25) is 10.0 Å². The number of carbonyl (C=O) groups is 2. The lowest BCUT2D eigenvalue weighted by Gasteiger charge is -2.41. The molecule has 28 heavy (non-hydrogen) atoms. The molecule has 2 saturated heterocycles. The van der Waals surface area contributed by atoms with E-state index in [0.29, 0.717) is 28.5 Å². The number of thioether (sulfide) groups is 1. The van der Waals surface area contributed by atoms with E-state index < -0.39 is 0 Å². The molecule has 0 aromatic heterocycles. The molecule has 0 saturated carbocycles. The Morgan fingerprint density at radius 2 is 1.93 bits per heavy atom. The molecule has 1 amide bonds. The summed E-state index contributed by atoms with van der Waals surface area (Å²) in [7, 11) is 0. The normalized spacial score (nSPS) is 26.2. The van der Waals surface area contributed by atoms with Crippen LogP contribution in [0, 0.1) is 0 Å². The fraction of sp³-hybridized carbons (Fsp3) is 0.600. The second kappa shape index (κ2) is 8.92.